The molecular weight excluding hydrogens is 388 g/mol. The second kappa shape index (κ2) is 7.23. The second-order valence-corrected chi connectivity index (χ2v) is 6.76. The fourth-order valence-corrected chi connectivity index (χ4v) is 3.22. The highest BCUT2D eigenvalue weighted by atomic mass is 79.9. The number of halogens is 1. The quantitative estimate of drug-likeness (QED) is 0.748. The predicted octanol–water partition coefficient (Wildman–Crippen LogP) is 2.99. The summed E-state index contributed by atoms with van der Waals surface area (Å²) in [5.74, 6) is -0.804. The molecule has 1 aliphatic rings. The van der Waals surface area contributed by atoms with E-state index in [0.717, 1.165) is 10.0 Å². The van der Waals surface area contributed by atoms with E-state index in [1.807, 2.05) is 24.3 Å². The fourth-order valence-electron chi connectivity index (χ4n) is 2.96. The summed E-state index contributed by atoms with van der Waals surface area (Å²) in [6.45, 7) is 0.491. The first-order valence-corrected chi connectivity index (χ1v) is 8.56. The molecule has 0 spiro atoms. The highest BCUT2D eigenvalue weighted by Gasteiger charge is 2.42. The minimum absolute atomic E-state index is 0.0654. The van der Waals surface area contributed by atoms with Gasteiger partial charge in [0, 0.05) is 23.3 Å². The lowest BCUT2D eigenvalue weighted by molar-refractivity contribution is -0.149. The molecule has 1 aromatic carbocycles. The zero-order chi connectivity index (χ0) is 18.0. The molecule has 0 unspecified atom stereocenters. The van der Waals surface area contributed by atoms with Gasteiger partial charge in [0.2, 0.25) is 11.8 Å². The van der Waals surface area contributed by atoms with E-state index < -0.39 is 12.0 Å². The monoisotopic (exact) mass is 404 g/mol. The van der Waals surface area contributed by atoms with Crippen LogP contribution in [0.15, 0.2) is 47.1 Å². The Morgan fingerprint density at radius 3 is 2.60 bits per heavy atom. The number of methoxy groups -OCH3 is 1. The SMILES string of the molecule is COc1ccc([C@H](CC(=O)O)N2C[C@H](c3ccc(Br)cc3)C2=O)cn1. The molecule has 1 fully saturated rings. The van der Waals surface area contributed by atoms with Crippen molar-refractivity contribution in [1.82, 2.24) is 9.88 Å². The third-order valence-corrected chi connectivity index (χ3v) is 4.86. The Labute approximate surface area is 153 Å². The van der Waals surface area contributed by atoms with Crippen molar-refractivity contribution in [2.24, 2.45) is 0 Å². The number of likely N-dealkylation sites (tertiary alicyclic amines) is 1. The summed E-state index contributed by atoms with van der Waals surface area (Å²) in [6, 6.07) is 10.5. The van der Waals surface area contributed by atoms with Gasteiger partial charge in [-0.1, -0.05) is 34.1 Å². The number of amides is 1. The summed E-state index contributed by atoms with van der Waals surface area (Å²) in [5.41, 5.74) is 1.62. The van der Waals surface area contributed by atoms with Crippen LogP contribution < -0.4 is 4.74 Å². The summed E-state index contributed by atoms with van der Waals surface area (Å²) in [7, 11) is 1.51. The summed E-state index contributed by atoms with van der Waals surface area (Å²) in [6.07, 6.45) is 1.40. The molecule has 0 saturated carbocycles. The van der Waals surface area contributed by atoms with Gasteiger partial charge in [0.15, 0.2) is 0 Å². The maximum Gasteiger partial charge on any atom is 0.305 e. The fraction of sp³-hybridized carbons (Fsp3) is 0.278. The van der Waals surface area contributed by atoms with Crippen LogP contribution in [0.4, 0.5) is 0 Å². The van der Waals surface area contributed by atoms with Crippen molar-refractivity contribution < 1.29 is 19.4 Å². The summed E-state index contributed by atoms with van der Waals surface area (Å²) < 4.78 is 5.98. The zero-order valence-corrected chi connectivity index (χ0v) is 15.1. The molecule has 1 amide bonds. The van der Waals surface area contributed by atoms with Crippen molar-refractivity contribution in [3.63, 3.8) is 0 Å². The topological polar surface area (TPSA) is 79.7 Å². The summed E-state index contributed by atoms with van der Waals surface area (Å²) in [5, 5.41) is 9.23. The predicted molar refractivity (Wildman–Crippen MR) is 94.4 cm³/mol. The molecule has 3 rings (SSSR count). The number of carboxylic acid groups (broad SMARTS) is 1. The molecule has 0 aliphatic carbocycles. The van der Waals surface area contributed by atoms with E-state index in [2.05, 4.69) is 20.9 Å². The third kappa shape index (κ3) is 3.66. The molecule has 1 saturated heterocycles. The Kier molecular flexibility index (Phi) is 5.03. The van der Waals surface area contributed by atoms with E-state index in [1.54, 1.807) is 23.2 Å². The normalized spacial score (nSPS) is 17.8. The van der Waals surface area contributed by atoms with Gasteiger partial charge in [-0.2, -0.15) is 0 Å². The summed E-state index contributed by atoms with van der Waals surface area (Å²) >= 11 is 3.38. The Morgan fingerprint density at radius 2 is 2.08 bits per heavy atom. The van der Waals surface area contributed by atoms with Gasteiger partial charge in [0.05, 0.1) is 25.5 Å². The molecule has 1 N–H and O–H groups in total. The van der Waals surface area contributed by atoms with Crippen LogP contribution in [-0.2, 0) is 9.59 Å². The number of ether oxygens (including phenoxy) is 1. The number of rotatable bonds is 6. The van der Waals surface area contributed by atoms with E-state index in [1.165, 1.54) is 7.11 Å². The Bertz CT molecular complexity index is 777. The molecule has 2 heterocycles. The zero-order valence-electron chi connectivity index (χ0n) is 13.6. The van der Waals surface area contributed by atoms with Gasteiger partial charge in [-0.25, -0.2) is 4.98 Å². The van der Waals surface area contributed by atoms with Gasteiger partial charge in [-0.05, 0) is 23.3 Å². The molecule has 7 heteroatoms. The van der Waals surface area contributed by atoms with E-state index in [9.17, 15) is 14.7 Å². The molecule has 0 bridgehead atoms. The first kappa shape index (κ1) is 17.4. The van der Waals surface area contributed by atoms with Crippen molar-refractivity contribution >= 4 is 27.8 Å². The molecule has 6 nitrogen and oxygen atoms in total. The second-order valence-electron chi connectivity index (χ2n) is 5.84. The third-order valence-electron chi connectivity index (χ3n) is 4.33. The molecule has 2 aromatic rings. The van der Waals surface area contributed by atoms with Crippen molar-refractivity contribution in [3.05, 3.63) is 58.2 Å². The minimum Gasteiger partial charge on any atom is -0.481 e. The van der Waals surface area contributed by atoms with Crippen LogP contribution in [0.5, 0.6) is 5.88 Å². The lowest BCUT2D eigenvalue weighted by Gasteiger charge is -2.43. The van der Waals surface area contributed by atoms with Crippen molar-refractivity contribution in [2.45, 2.75) is 18.4 Å². The smallest absolute Gasteiger partial charge is 0.305 e. The molecule has 130 valence electrons. The largest absolute Gasteiger partial charge is 0.481 e. The Morgan fingerprint density at radius 1 is 1.36 bits per heavy atom. The number of hydrogen-bond donors (Lipinski definition) is 1. The highest BCUT2D eigenvalue weighted by Crippen LogP contribution is 2.37. The Balaban J connectivity index is 1.79. The van der Waals surface area contributed by atoms with Crippen LogP contribution in [0.25, 0.3) is 0 Å². The maximum atomic E-state index is 12.6. The number of benzene rings is 1. The van der Waals surface area contributed by atoms with Gasteiger partial charge in [-0.3, -0.25) is 9.59 Å². The molecule has 25 heavy (non-hydrogen) atoms. The van der Waals surface area contributed by atoms with Crippen LogP contribution >= 0.6 is 15.9 Å². The van der Waals surface area contributed by atoms with E-state index in [4.69, 9.17) is 4.74 Å². The van der Waals surface area contributed by atoms with Crippen LogP contribution in [0, 0.1) is 0 Å². The number of carboxylic acids is 1. The average molecular weight is 405 g/mol. The van der Waals surface area contributed by atoms with Gasteiger partial charge < -0.3 is 14.7 Å². The van der Waals surface area contributed by atoms with Crippen LogP contribution in [-0.4, -0.2) is 40.5 Å². The number of aliphatic carboxylic acids is 1. The van der Waals surface area contributed by atoms with Crippen LogP contribution in [0.2, 0.25) is 0 Å². The molecule has 1 aromatic heterocycles. The van der Waals surface area contributed by atoms with Gasteiger partial charge in [0.25, 0.3) is 0 Å². The summed E-state index contributed by atoms with van der Waals surface area (Å²) in [4.78, 5) is 29.6. The first-order valence-electron chi connectivity index (χ1n) is 7.77. The number of nitrogens with zero attached hydrogens (tertiary/aromatic N) is 2. The first-order chi connectivity index (χ1) is 12.0. The van der Waals surface area contributed by atoms with E-state index in [0.29, 0.717) is 18.0 Å². The van der Waals surface area contributed by atoms with Crippen molar-refractivity contribution in [3.8, 4) is 5.88 Å². The van der Waals surface area contributed by atoms with Gasteiger partial charge >= 0.3 is 5.97 Å². The van der Waals surface area contributed by atoms with Crippen LogP contribution in [0.1, 0.15) is 29.5 Å². The molecule has 1 aliphatic heterocycles. The standard InChI is InChI=1S/C18H17BrN2O4/c1-25-16-7-4-12(9-20-16)15(8-17(22)23)21-10-14(18(21)24)11-2-5-13(19)6-3-11/h2-7,9,14-15H,8,10H2,1H3,(H,22,23)/t14-,15+/m1/s1. The maximum absolute atomic E-state index is 12.6. The minimum atomic E-state index is -0.958. The highest BCUT2D eigenvalue weighted by molar-refractivity contribution is 9.10. The number of carbonyl (C=O) groups excluding carboxylic acids is 1. The van der Waals surface area contributed by atoms with Crippen molar-refractivity contribution in [2.75, 3.05) is 13.7 Å². The average Bonchev–Trinajstić information content (AvgIpc) is 2.61. The van der Waals surface area contributed by atoms with Gasteiger partial charge in [-0.15, -0.1) is 0 Å². The van der Waals surface area contributed by atoms with Crippen molar-refractivity contribution in [1.29, 1.82) is 0 Å². The van der Waals surface area contributed by atoms with Gasteiger partial charge in [0.1, 0.15) is 0 Å². The molecule has 2 atom stereocenters. The Hall–Kier alpha value is -2.41. The lowest BCUT2D eigenvalue weighted by Crippen LogP contribution is -2.52. The van der Waals surface area contributed by atoms with E-state index in [-0.39, 0.29) is 18.2 Å². The number of carbonyl (C=O) groups is 2. The molecular formula is C18H17BrN2O4. The number of hydrogen-bond acceptors (Lipinski definition) is 4. The number of pyridine rings is 1. The number of aromatic nitrogens is 1. The van der Waals surface area contributed by atoms with E-state index >= 15 is 0 Å². The lowest BCUT2D eigenvalue weighted by atomic mass is 9.87. The van der Waals surface area contributed by atoms with Crippen LogP contribution in [0.3, 0.4) is 0 Å². The molecule has 0 radical (unpaired) electrons. The number of β-lactam (4-membered cyclic amide) rings is 1.